The maximum atomic E-state index is 11.9. The number of sulfonamides is 1. The minimum atomic E-state index is -3.42. The zero-order valence-corrected chi connectivity index (χ0v) is 12.0. The van der Waals surface area contributed by atoms with Gasteiger partial charge in [-0.25, -0.2) is 12.7 Å². The van der Waals surface area contributed by atoms with Crippen molar-refractivity contribution in [2.45, 2.75) is 30.3 Å². The fraction of sp³-hybridized carbons (Fsp3) is 0.462. The molecular weight excluding hydrogens is 266 g/mol. The fourth-order valence-electron chi connectivity index (χ4n) is 2.09. The molecule has 0 N–H and O–H groups in total. The molecule has 0 spiro atoms. The summed E-state index contributed by atoms with van der Waals surface area (Å²) in [5.74, 6) is -0.215. The summed E-state index contributed by atoms with van der Waals surface area (Å²) >= 11 is 0. The molecule has 1 aliphatic heterocycles. The molecule has 6 heteroatoms. The second kappa shape index (κ2) is 4.61. The Morgan fingerprint density at radius 3 is 2.21 bits per heavy atom. The standard InChI is InChI=1S/C13H17NO4S/c1-13(9-8-12(15)18-13)10-4-6-11(7-5-10)19(16,17)14(2)3/h4-7H,8-9H2,1-3H3. The van der Waals surface area contributed by atoms with E-state index in [1.165, 1.54) is 18.4 Å². The van der Waals surface area contributed by atoms with Gasteiger partial charge in [-0.1, -0.05) is 12.1 Å². The number of hydrogen-bond donors (Lipinski definition) is 0. The first-order valence-corrected chi connectivity index (χ1v) is 7.45. The Balaban J connectivity index is 2.32. The van der Waals surface area contributed by atoms with Gasteiger partial charge in [0.1, 0.15) is 5.60 Å². The lowest BCUT2D eigenvalue weighted by molar-refractivity contribution is -0.147. The zero-order valence-electron chi connectivity index (χ0n) is 11.2. The van der Waals surface area contributed by atoms with Gasteiger partial charge in [0, 0.05) is 26.9 Å². The predicted octanol–water partition coefficient (Wildman–Crippen LogP) is 1.49. The molecule has 0 radical (unpaired) electrons. The second-order valence-corrected chi connectivity index (χ2v) is 7.17. The van der Waals surface area contributed by atoms with Gasteiger partial charge in [0.2, 0.25) is 10.0 Å². The molecule has 0 aliphatic carbocycles. The van der Waals surface area contributed by atoms with Crippen molar-refractivity contribution in [3.63, 3.8) is 0 Å². The van der Waals surface area contributed by atoms with Crippen molar-refractivity contribution in [3.8, 4) is 0 Å². The third-order valence-corrected chi connectivity index (χ3v) is 5.22. The number of cyclic esters (lactones) is 1. The van der Waals surface area contributed by atoms with Gasteiger partial charge in [0.15, 0.2) is 0 Å². The van der Waals surface area contributed by atoms with Crippen LogP contribution in [0.1, 0.15) is 25.3 Å². The first-order chi connectivity index (χ1) is 8.75. The number of nitrogens with zero attached hydrogens (tertiary/aromatic N) is 1. The molecule has 1 saturated heterocycles. The van der Waals surface area contributed by atoms with E-state index >= 15 is 0 Å². The van der Waals surface area contributed by atoms with Gasteiger partial charge in [-0.3, -0.25) is 4.79 Å². The maximum absolute atomic E-state index is 11.9. The minimum absolute atomic E-state index is 0.215. The molecule has 19 heavy (non-hydrogen) atoms. The first-order valence-electron chi connectivity index (χ1n) is 6.01. The number of ether oxygens (including phenoxy) is 1. The molecule has 1 atom stereocenters. The molecule has 0 amide bonds. The predicted molar refractivity (Wildman–Crippen MR) is 70.0 cm³/mol. The van der Waals surface area contributed by atoms with Gasteiger partial charge in [-0.15, -0.1) is 0 Å². The number of esters is 1. The summed E-state index contributed by atoms with van der Waals surface area (Å²) in [5, 5.41) is 0. The largest absolute Gasteiger partial charge is 0.454 e. The van der Waals surface area contributed by atoms with E-state index in [0.29, 0.717) is 12.8 Å². The van der Waals surface area contributed by atoms with Gasteiger partial charge >= 0.3 is 5.97 Å². The summed E-state index contributed by atoms with van der Waals surface area (Å²) in [5.41, 5.74) is 0.174. The van der Waals surface area contributed by atoms with E-state index in [9.17, 15) is 13.2 Å². The lowest BCUT2D eigenvalue weighted by Crippen LogP contribution is -2.23. The molecule has 0 saturated carbocycles. The monoisotopic (exact) mass is 283 g/mol. The zero-order chi connectivity index (χ0) is 14.3. The smallest absolute Gasteiger partial charge is 0.306 e. The second-order valence-electron chi connectivity index (χ2n) is 5.02. The Morgan fingerprint density at radius 2 is 1.79 bits per heavy atom. The highest BCUT2D eigenvalue weighted by molar-refractivity contribution is 7.89. The molecule has 5 nitrogen and oxygen atoms in total. The lowest BCUT2D eigenvalue weighted by Gasteiger charge is -2.23. The molecule has 1 fully saturated rings. The van der Waals surface area contributed by atoms with Crippen molar-refractivity contribution >= 4 is 16.0 Å². The van der Waals surface area contributed by atoms with Gasteiger partial charge < -0.3 is 4.74 Å². The minimum Gasteiger partial charge on any atom is -0.454 e. The van der Waals surface area contributed by atoms with Crippen LogP contribution in [0.3, 0.4) is 0 Å². The molecule has 1 aliphatic rings. The third kappa shape index (κ3) is 2.50. The Kier molecular flexibility index (Phi) is 3.40. The summed E-state index contributed by atoms with van der Waals surface area (Å²) in [6, 6.07) is 6.49. The highest BCUT2D eigenvalue weighted by atomic mass is 32.2. The normalized spacial score (nSPS) is 23.7. The molecule has 2 rings (SSSR count). The maximum Gasteiger partial charge on any atom is 0.306 e. The quantitative estimate of drug-likeness (QED) is 0.788. The molecule has 1 unspecified atom stereocenters. The van der Waals surface area contributed by atoms with Crippen LogP contribution in [0.25, 0.3) is 0 Å². The van der Waals surface area contributed by atoms with Crippen LogP contribution >= 0.6 is 0 Å². The van der Waals surface area contributed by atoms with Crippen LogP contribution in [0.5, 0.6) is 0 Å². The van der Waals surface area contributed by atoms with Gasteiger partial charge in [-0.05, 0) is 24.6 Å². The topological polar surface area (TPSA) is 63.7 Å². The van der Waals surface area contributed by atoms with E-state index in [1.54, 1.807) is 24.3 Å². The summed E-state index contributed by atoms with van der Waals surface area (Å²) < 4.78 is 30.3. The van der Waals surface area contributed by atoms with E-state index in [-0.39, 0.29) is 10.9 Å². The van der Waals surface area contributed by atoms with Crippen molar-refractivity contribution in [3.05, 3.63) is 29.8 Å². The van der Waals surface area contributed by atoms with E-state index in [0.717, 1.165) is 5.56 Å². The van der Waals surface area contributed by atoms with Gasteiger partial charge in [0.25, 0.3) is 0 Å². The Bertz CT molecular complexity index is 592. The van der Waals surface area contributed by atoms with Crippen LogP contribution in [0, 0.1) is 0 Å². The van der Waals surface area contributed by atoms with Gasteiger partial charge in [0.05, 0.1) is 4.90 Å². The molecule has 1 aromatic rings. The third-order valence-electron chi connectivity index (χ3n) is 3.39. The van der Waals surface area contributed by atoms with Gasteiger partial charge in [-0.2, -0.15) is 0 Å². The number of benzene rings is 1. The van der Waals surface area contributed by atoms with E-state index in [1.807, 2.05) is 6.92 Å². The Labute approximate surface area is 113 Å². The van der Waals surface area contributed by atoms with Crippen molar-refractivity contribution in [1.82, 2.24) is 4.31 Å². The molecular formula is C13H17NO4S. The summed E-state index contributed by atoms with van der Waals surface area (Å²) in [4.78, 5) is 11.5. The average Bonchev–Trinajstić information content (AvgIpc) is 2.70. The number of rotatable bonds is 3. The number of carbonyl (C=O) groups is 1. The van der Waals surface area contributed by atoms with Crippen molar-refractivity contribution in [1.29, 1.82) is 0 Å². The van der Waals surface area contributed by atoms with Crippen molar-refractivity contribution < 1.29 is 17.9 Å². The Morgan fingerprint density at radius 1 is 1.21 bits per heavy atom. The van der Waals surface area contributed by atoms with Crippen molar-refractivity contribution in [2.24, 2.45) is 0 Å². The van der Waals surface area contributed by atoms with Crippen LogP contribution in [0.15, 0.2) is 29.2 Å². The van der Waals surface area contributed by atoms with Crippen LogP contribution < -0.4 is 0 Å². The number of hydrogen-bond acceptors (Lipinski definition) is 4. The fourth-order valence-corrected chi connectivity index (χ4v) is 2.99. The van der Waals surface area contributed by atoms with E-state index in [2.05, 4.69) is 0 Å². The summed E-state index contributed by atoms with van der Waals surface area (Å²) in [7, 11) is -0.443. The van der Waals surface area contributed by atoms with Crippen molar-refractivity contribution in [2.75, 3.05) is 14.1 Å². The highest BCUT2D eigenvalue weighted by Crippen LogP contribution is 2.36. The lowest BCUT2D eigenvalue weighted by atomic mass is 9.93. The van der Waals surface area contributed by atoms with Crippen LogP contribution in [-0.4, -0.2) is 32.8 Å². The Hall–Kier alpha value is -1.40. The highest BCUT2D eigenvalue weighted by Gasteiger charge is 2.37. The molecule has 1 aromatic carbocycles. The summed E-state index contributed by atoms with van der Waals surface area (Å²) in [6.07, 6.45) is 1.01. The molecule has 1 heterocycles. The first kappa shape index (κ1) is 14.0. The average molecular weight is 283 g/mol. The van der Waals surface area contributed by atoms with E-state index < -0.39 is 15.6 Å². The molecule has 0 bridgehead atoms. The SMILES string of the molecule is CN(C)S(=O)(=O)c1ccc(C2(C)CCC(=O)O2)cc1. The number of carbonyl (C=O) groups excluding carboxylic acids is 1. The molecule has 104 valence electrons. The summed E-state index contributed by atoms with van der Waals surface area (Å²) in [6.45, 7) is 1.84. The van der Waals surface area contributed by atoms with Crippen LogP contribution in [-0.2, 0) is 25.2 Å². The van der Waals surface area contributed by atoms with Crippen LogP contribution in [0.2, 0.25) is 0 Å². The molecule has 0 aromatic heterocycles. The van der Waals surface area contributed by atoms with E-state index in [4.69, 9.17) is 4.74 Å². The van der Waals surface area contributed by atoms with Crippen LogP contribution in [0.4, 0.5) is 0 Å².